The zero-order valence-electron chi connectivity index (χ0n) is 16.6. The van der Waals surface area contributed by atoms with Crippen molar-refractivity contribution < 1.29 is 14.8 Å². The van der Waals surface area contributed by atoms with Crippen LogP contribution in [0.5, 0.6) is 0 Å². The van der Waals surface area contributed by atoms with Crippen LogP contribution in [0.1, 0.15) is 44.1 Å². The number of rotatable bonds is 9. The normalized spacial score (nSPS) is 13.4. The summed E-state index contributed by atoms with van der Waals surface area (Å²) in [6, 6.07) is 7.62. The van der Waals surface area contributed by atoms with Gasteiger partial charge in [-0.2, -0.15) is 0 Å². The number of hydrogen-bond donors (Lipinski definition) is 5. The van der Waals surface area contributed by atoms with Crippen molar-refractivity contribution in [3.63, 3.8) is 0 Å². The zero-order valence-corrected chi connectivity index (χ0v) is 16.6. The molecule has 0 radical (unpaired) electrons. The van der Waals surface area contributed by atoms with Gasteiger partial charge in [0.2, 0.25) is 11.8 Å². The van der Waals surface area contributed by atoms with E-state index in [1.807, 2.05) is 44.3 Å². The lowest BCUT2D eigenvalue weighted by molar-refractivity contribution is -0.135. The van der Waals surface area contributed by atoms with Gasteiger partial charge in [-0.1, -0.05) is 32.0 Å². The second-order valence-electron chi connectivity index (χ2n) is 7.66. The Kier molecular flexibility index (Phi) is 6.66. The molecule has 0 saturated heterocycles. The number of amides is 2. The summed E-state index contributed by atoms with van der Waals surface area (Å²) in [4.78, 5) is 35.3. The molecule has 1 aromatic carbocycles. The Morgan fingerprint density at radius 1 is 1.21 bits per heavy atom. The summed E-state index contributed by atoms with van der Waals surface area (Å²) in [5.74, 6) is -0.463. The van der Waals surface area contributed by atoms with Gasteiger partial charge in [-0.05, 0) is 24.0 Å². The van der Waals surface area contributed by atoms with E-state index in [2.05, 4.69) is 20.3 Å². The van der Waals surface area contributed by atoms with Crippen LogP contribution < -0.4 is 10.8 Å². The Hall–Kier alpha value is -3.13. The predicted molar refractivity (Wildman–Crippen MR) is 109 cm³/mol. The maximum atomic E-state index is 13.0. The molecule has 8 nitrogen and oxygen atoms in total. The fourth-order valence-corrected chi connectivity index (χ4v) is 3.62. The quantitative estimate of drug-likeness (QED) is 0.281. The van der Waals surface area contributed by atoms with E-state index in [4.69, 9.17) is 5.21 Å². The van der Waals surface area contributed by atoms with Gasteiger partial charge in [0, 0.05) is 48.3 Å². The molecule has 2 atom stereocenters. The van der Waals surface area contributed by atoms with Crippen molar-refractivity contribution in [1.29, 1.82) is 0 Å². The third-order valence-electron chi connectivity index (χ3n) is 4.95. The number of aromatic nitrogens is 3. The second kappa shape index (κ2) is 9.38. The minimum Gasteiger partial charge on any atom is -0.361 e. The first-order valence-corrected chi connectivity index (χ1v) is 9.75. The molecular weight excluding hydrogens is 370 g/mol. The van der Waals surface area contributed by atoms with Gasteiger partial charge in [0.1, 0.15) is 5.82 Å². The number of imidazole rings is 1. The number of aromatic amines is 2. The fourth-order valence-electron chi connectivity index (χ4n) is 3.62. The maximum absolute atomic E-state index is 13.0. The van der Waals surface area contributed by atoms with E-state index in [1.165, 1.54) is 0 Å². The summed E-state index contributed by atoms with van der Waals surface area (Å²) >= 11 is 0. The lowest BCUT2D eigenvalue weighted by atomic mass is 9.92. The topological polar surface area (TPSA) is 123 Å². The number of nitrogens with zero attached hydrogens (tertiary/aromatic N) is 1. The second-order valence-corrected chi connectivity index (χ2v) is 7.66. The minimum atomic E-state index is -0.572. The summed E-state index contributed by atoms with van der Waals surface area (Å²) in [6.07, 6.45) is 6.32. The van der Waals surface area contributed by atoms with E-state index < -0.39 is 11.8 Å². The van der Waals surface area contributed by atoms with Crippen LogP contribution in [0.15, 0.2) is 42.9 Å². The molecule has 3 aromatic rings. The van der Waals surface area contributed by atoms with Gasteiger partial charge in [-0.3, -0.25) is 14.8 Å². The van der Waals surface area contributed by atoms with E-state index in [0.29, 0.717) is 18.7 Å². The highest BCUT2D eigenvalue weighted by Crippen LogP contribution is 2.24. The van der Waals surface area contributed by atoms with Crippen LogP contribution >= 0.6 is 0 Å². The summed E-state index contributed by atoms with van der Waals surface area (Å²) in [5.41, 5.74) is 3.72. The summed E-state index contributed by atoms with van der Waals surface area (Å²) in [5, 5.41) is 13.0. The molecule has 5 N–H and O–H groups in total. The zero-order chi connectivity index (χ0) is 20.8. The van der Waals surface area contributed by atoms with Crippen molar-refractivity contribution in [3.05, 3.63) is 54.2 Å². The largest absolute Gasteiger partial charge is 0.361 e. The van der Waals surface area contributed by atoms with Gasteiger partial charge in [-0.25, -0.2) is 10.5 Å². The van der Waals surface area contributed by atoms with Gasteiger partial charge in [0.25, 0.3) is 0 Å². The van der Waals surface area contributed by atoms with Crippen molar-refractivity contribution in [1.82, 2.24) is 25.7 Å². The highest BCUT2D eigenvalue weighted by molar-refractivity contribution is 5.86. The average molecular weight is 397 g/mol. The molecular formula is C21H27N5O3. The van der Waals surface area contributed by atoms with Crippen molar-refractivity contribution in [2.24, 2.45) is 11.8 Å². The molecule has 0 aliphatic heterocycles. The average Bonchev–Trinajstić information content (AvgIpc) is 3.37. The number of hydrogen-bond acceptors (Lipinski definition) is 4. The Morgan fingerprint density at radius 2 is 2.00 bits per heavy atom. The highest BCUT2D eigenvalue weighted by Gasteiger charge is 2.27. The fraction of sp³-hybridized carbons (Fsp3) is 0.381. The van der Waals surface area contributed by atoms with E-state index in [9.17, 15) is 9.59 Å². The lowest BCUT2D eigenvalue weighted by Crippen LogP contribution is -2.38. The number of nitrogens with one attached hydrogen (secondary N) is 4. The molecule has 0 aliphatic carbocycles. The summed E-state index contributed by atoms with van der Waals surface area (Å²) in [6.45, 7) is 3.99. The Balaban J connectivity index is 1.81. The number of H-pyrrole nitrogens is 2. The van der Waals surface area contributed by atoms with E-state index in [-0.39, 0.29) is 24.3 Å². The van der Waals surface area contributed by atoms with Crippen LogP contribution in [0.25, 0.3) is 10.9 Å². The molecule has 154 valence electrons. The molecule has 0 aliphatic rings. The molecule has 8 heteroatoms. The van der Waals surface area contributed by atoms with Gasteiger partial charge < -0.3 is 15.3 Å². The number of benzene rings is 1. The van der Waals surface area contributed by atoms with E-state index >= 15 is 0 Å². The van der Waals surface area contributed by atoms with E-state index in [1.54, 1.807) is 17.9 Å². The van der Waals surface area contributed by atoms with Crippen molar-refractivity contribution in [2.75, 3.05) is 0 Å². The predicted octanol–water partition coefficient (Wildman–Crippen LogP) is 2.85. The van der Waals surface area contributed by atoms with Crippen LogP contribution in [0.2, 0.25) is 0 Å². The van der Waals surface area contributed by atoms with Gasteiger partial charge in [-0.15, -0.1) is 0 Å². The smallest absolute Gasteiger partial charge is 0.244 e. The van der Waals surface area contributed by atoms with Crippen LogP contribution in [-0.2, 0) is 16.0 Å². The number of para-hydroxylation sites is 1. The monoisotopic (exact) mass is 397 g/mol. The Morgan fingerprint density at radius 3 is 2.69 bits per heavy atom. The molecule has 0 unspecified atom stereocenters. The first kappa shape index (κ1) is 20.6. The summed E-state index contributed by atoms with van der Waals surface area (Å²) < 4.78 is 0. The van der Waals surface area contributed by atoms with Gasteiger partial charge in [0.05, 0.1) is 6.04 Å². The van der Waals surface area contributed by atoms with Crippen LogP contribution in [-0.4, -0.2) is 32.0 Å². The Labute approximate surface area is 169 Å². The first-order valence-electron chi connectivity index (χ1n) is 9.75. The summed E-state index contributed by atoms with van der Waals surface area (Å²) in [7, 11) is 0. The number of hydroxylamine groups is 1. The molecule has 0 saturated carbocycles. The Bertz CT molecular complexity index is 948. The number of carbonyl (C=O) groups is 2. The molecule has 2 amide bonds. The SMILES string of the molecule is CC(C)C[C@H](CC(=O)NO)C(=O)N[C@@H](Cc1c[nH]c2ccccc12)c1ncc[nH]1. The van der Waals surface area contributed by atoms with E-state index in [0.717, 1.165) is 16.5 Å². The van der Waals surface area contributed by atoms with Crippen molar-refractivity contribution >= 4 is 22.7 Å². The van der Waals surface area contributed by atoms with Crippen molar-refractivity contribution in [2.45, 2.75) is 39.2 Å². The molecule has 2 aromatic heterocycles. The molecule has 0 bridgehead atoms. The van der Waals surface area contributed by atoms with Crippen LogP contribution in [0.4, 0.5) is 0 Å². The molecule has 0 fully saturated rings. The third kappa shape index (κ3) is 5.23. The minimum absolute atomic E-state index is 0.0710. The number of fused-ring (bicyclic) bond motifs is 1. The maximum Gasteiger partial charge on any atom is 0.244 e. The van der Waals surface area contributed by atoms with Crippen LogP contribution in [0, 0.1) is 11.8 Å². The van der Waals surface area contributed by atoms with Gasteiger partial charge in [0.15, 0.2) is 0 Å². The third-order valence-corrected chi connectivity index (χ3v) is 4.95. The van der Waals surface area contributed by atoms with Crippen LogP contribution in [0.3, 0.4) is 0 Å². The molecule has 29 heavy (non-hydrogen) atoms. The highest BCUT2D eigenvalue weighted by atomic mass is 16.5. The molecule has 2 heterocycles. The first-order chi connectivity index (χ1) is 14.0. The lowest BCUT2D eigenvalue weighted by Gasteiger charge is -2.22. The molecule has 3 rings (SSSR count). The number of carbonyl (C=O) groups excluding carboxylic acids is 2. The standard InChI is InChI=1S/C21H27N5O3/c1-13(2)9-14(11-19(27)26-29)21(28)25-18(20-22-7-8-23-20)10-15-12-24-17-6-4-3-5-16(15)17/h3-8,12-14,18,24,29H,9-11H2,1-2H3,(H,22,23)(H,25,28)(H,26,27)/t14-,18+/m1/s1. The van der Waals surface area contributed by atoms with Gasteiger partial charge >= 0.3 is 0 Å². The molecule has 0 spiro atoms. The van der Waals surface area contributed by atoms with Crippen molar-refractivity contribution in [3.8, 4) is 0 Å².